The molecular formula is C14H17N3O3. The van der Waals surface area contributed by atoms with E-state index < -0.39 is 11.9 Å². The molecule has 2 rings (SSSR count). The number of hydrogen-bond donors (Lipinski definition) is 3. The third-order valence-electron chi connectivity index (χ3n) is 3.19. The van der Waals surface area contributed by atoms with E-state index in [2.05, 4.69) is 15.6 Å². The minimum absolute atomic E-state index is 0.255. The number of amides is 2. The lowest BCUT2D eigenvalue weighted by atomic mass is 10.1. The molecule has 1 heterocycles. The number of nitrogens with zero attached hydrogens (tertiary/aromatic N) is 1. The van der Waals surface area contributed by atoms with Crippen LogP contribution in [0.2, 0.25) is 0 Å². The molecule has 2 unspecified atom stereocenters. The van der Waals surface area contributed by atoms with E-state index in [-0.39, 0.29) is 12.1 Å². The lowest BCUT2D eigenvalue weighted by Gasteiger charge is -2.14. The average Bonchev–Trinajstić information content (AvgIpc) is 2.81. The maximum absolute atomic E-state index is 11.9. The van der Waals surface area contributed by atoms with Gasteiger partial charge in [0, 0.05) is 5.69 Å². The Balaban J connectivity index is 1.90. The highest BCUT2D eigenvalue weighted by Gasteiger charge is 2.25. The van der Waals surface area contributed by atoms with Gasteiger partial charge >= 0.3 is 12.0 Å². The van der Waals surface area contributed by atoms with Crippen molar-refractivity contribution in [3.05, 3.63) is 35.7 Å². The van der Waals surface area contributed by atoms with Crippen molar-refractivity contribution in [2.24, 2.45) is 5.92 Å². The van der Waals surface area contributed by atoms with Crippen LogP contribution in [0.1, 0.15) is 17.8 Å². The Hall–Kier alpha value is -2.37. The predicted octanol–water partition coefficient (Wildman–Crippen LogP) is 1.85. The first-order valence-electron chi connectivity index (χ1n) is 6.38. The zero-order valence-electron chi connectivity index (χ0n) is 11.4. The van der Waals surface area contributed by atoms with E-state index in [1.165, 1.54) is 0 Å². The summed E-state index contributed by atoms with van der Waals surface area (Å²) in [5, 5.41) is 14.3. The van der Waals surface area contributed by atoms with E-state index >= 15 is 0 Å². The second-order valence-electron chi connectivity index (χ2n) is 4.86. The molecule has 2 atom stereocenters. The number of urea groups is 1. The van der Waals surface area contributed by atoms with Gasteiger partial charge in [0.05, 0.1) is 23.3 Å². The fourth-order valence-electron chi connectivity index (χ4n) is 2.13. The van der Waals surface area contributed by atoms with E-state index in [4.69, 9.17) is 5.11 Å². The summed E-state index contributed by atoms with van der Waals surface area (Å²) >= 11 is 0. The average molecular weight is 275 g/mol. The SMILES string of the molecule is Cc1ccc(NC(=O)NC2C=CC(C(=O)O)C2)c(C)n1. The van der Waals surface area contributed by atoms with Gasteiger partial charge in [0.15, 0.2) is 0 Å². The highest BCUT2D eigenvalue weighted by atomic mass is 16.4. The van der Waals surface area contributed by atoms with E-state index in [1.54, 1.807) is 18.2 Å². The molecule has 0 saturated heterocycles. The molecule has 1 aliphatic rings. The smallest absolute Gasteiger partial charge is 0.319 e. The first kappa shape index (κ1) is 14.0. The molecule has 0 spiro atoms. The number of anilines is 1. The predicted molar refractivity (Wildman–Crippen MR) is 74.5 cm³/mol. The number of carboxylic acid groups (broad SMARTS) is 1. The molecular weight excluding hydrogens is 258 g/mol. The maximum atomic E-state index is 11.9. The number of aliphatic carboxylic acids is 1. The third-order valence-corrected chi connectivity index (χ3v) is 3.19. The molecule has 0 aromatic carbocycles. The molecule has 6 heteroatoms. The van der Waals surface area contributed by atoms with Gasteiger partial charge in [-0.25, -0.2) is 4.79 Å². The summed E-state index contributed by atoms with van der Waals surface area (Å²) in [6.45, 7) is 3.70. The molecule has 1 aliphatic carbocycles. The van der Waals surface area contributed by atoms with Crippen LogP contribution >= 0.6 is 0 Å². The van der Waals surface area contributed by atoms with E-state index in [0.717, 1.165) is 11.4 Å². The zero-order valence-corrected chi connectivity index (χ0v) is 11.4. The van der Waals surface area contributed by atoms with Crippen LogP contribution in [0.5, 0.6) is 0 Å². The van der Waals surface area contributed by atoms with Gasteiger partial charge in [0.2, 0.25) is 0 Å². The minimum Gasteiger partial charge on any atom is -0.481 e. The van der Waals surface area contributed by atoms with Gasteiger partial charge in [-0.05, 0) is 32.4 Å². The van der Waals surface area contributed by atoms with Crippen molar-refractivity contribution in [3.8, 4) is 0 Å². The van der Waals surface area contributed by atoms with Crippen LogP contribution in [-0.4, -0.2) is 28.1 Å². The molecule has 6 nitrogen and oxygen atoms in total. The van der Waals surface area contributed by atoms with Crippen molar-refractivity contribution < 1.29 is 14.7 Å². The molecule has 0 bridgehead atoms. The second-order valence-corrected chi connectivity index (χ2v) is 4.86. The van der Waals surface area contributed by atoms with Crippen molar-refractivity contribution in [1.29, 1.82) is 0 Å². The number of aryl methyl sites for hydroxylation is 2. The van der Waals surface area contributed by atoms with Crippen LogP contribution in [0.4, 0.5) is 10.5 Å². The quantitative estimate of drug-likeness (QED) is 0.734. The summed E-state index contributed by atoms with van der Waals surface area (Å²) in [6.07, 6.45) is 3.69. The van der Waals surface area contributed by atoms with Crippen LogP contribution in [0, 0.1) is 19.8 Å². The molecule has 0 saturated carbocycles. The molecule has 2 amide bonds. The van der Waals surface area contributed by atoms with Crippen molar-refractivity contribution >= 4 is 17.7 Å². The van der Waals surface area contributed by atoms with Crippen molar-refractivity contribution in [3.63, 3.8) is 0 Å². The van der Waals surface area contributed by atoms with Crippen molar-refractivity contribution in [1.82, 2.24) is 10.3 Å². The van der Waals surface area contributed by atoms with Crippen molar-refractivity contribution in [2.45, 2.75) is 26.3 Å². The van der Waals surface area contributed by atoms with Crippen molar-refractivity contribution in [2.75, 3.05) is 5.32 Å². The monoisotopic (exact) mass is 275 g/mol. The molecule has 1 aromatic rings. The number of pyridine rings is 1. The van der Waals surface area contributed by atoms with Gasteiger partial charge in [0.1, 0.15) is 0 Å². The summed E-state index contributed by atoms with van der Waals surface area (Å²) in [4.78, 5) is 26.9. The summed E-state index contributed by atoms with van der Waals surface area (Å²) in [6, 6.07) is 3.00. The fraction of sp³-hybridized carbons (Fsp3) is 0.357. The van der Waals surface area contributed by atoms with Gasteiger partial charge in [-0.15, -0.1) is 0 Å². The molecule has 3 N–H and O–H groups in total. The standard InChI is InChI=1S/C14H17N3O3/c1-8-3-6-12(9(2)15-8)17-14(20)16-11-5-4-10(7-11)13(18)19/h3-6,10-11H,7H2,1-2H3,(H,18,19)(H2,16,17,20). The second kappa shape index (κ2) is 5.73. The highest BCUT2D eigenvalue weighted by Crippen LogP contribution is 2.18. The zero-order chi connectivity index (χ0) is 14.7. The molecule has 0 radical (unpaired) electrons. The van der Waals surface area contributed by atoms with Crippen LogP contribution in [0.3, 0.4) is 0 Å². The fourth-order valence-corrected chi connectivity index (χ4v) is 2.13. The van der Waals surface area contributed by atoms with Gasteiger partial charge in [-0.1, -0.05) is 12.2 Å². The lowest BCUT2D eigenvalue weighted by Crippen LogP contribution is -2.36. The number of carbonyl (C=O) groups is 2. The van der Waals surface area contributed by atoms with E-state index in [1.807, 2.05) is 19.9 Å². The molecule has 0 aliphatic heterocycles. The van der Waals surface area contributed by atoms with Gasteiger partial charge in [-0.3, -0.25) is 9.78 Å². The topological polar surface area (TPSA) is 91.3 Å². The molecule has 0 fully saturated rings. The normalized spacial score (nSPS) is 20.7. The van der Waals surface area contributed by atoms with Crippen LogP contribution in [-0.2, 0) is 4.79 Å². The number of aromatic nitrogens is 1. The summed E-state index contributed by atoms with van der Waals surface area (Å²) in [5.41, 5.74) is 2.27. The van der Waals surface area contributed by atoms with Gasteiger partial charge in [-0.2, -0.15) is 0 Å². The van der Waals surface area contributed by atoms with Gasteiger partial charge in [0.25, 0.3) is 0 Å². The van der Waals surface area contributed by atoms with Crippen LogP contribution in [0.25, 0.3) is 0 Å². The summed E-state index contributed by atoms with van der Waals surface area (Å²) in [7, 11) is 0. The Morgan fingerprint density at radius 1 is 1.30 bits per heavy atom. The lowest BCUT2D eigenvalue weighted by molar-refractivity contribution is -0.140. The van der Waals surface area contributed by atoms with E-state index in [0.29, 0.717) is 12.1 Å². The Morgan fingerprint density at radius 2 is 2.05 bits per heavy atom. The summed E-state index contributed by atoms with van der Waals surface area (Å²) in [5.74, 6) is -1.40. The highest BCUT2D eigenvalue weighted by molar-refractivity contribution is 5.90. The number of carboxylic acids is 1. The third kappa shape index (κ3) is 3.34. The number of rotatable bonds is 3. The molecule has 20 heavy (non-hydrogen) atoms. The number of hydrogen-bond acceptors (Lipinski definition) is 3. The maximum Gasteiger partial charge on any atom is 0.319 e. The minimum atomic E-state index is -0.871. The number of carbonyl (C=O) groups excluding carboxylic acids is 1. The molecule has 106 valence electrons. The largest absolute Gasteiger partial charge is 0.481 e. The van der Waals surface area contributed by atoms with E-state index in [9.17, 15) is 9.59 Å². The van der Waals surface area contributed by atoms with Crippen LogP contribution < -0.4 is 10.6 Å². The number of nitrogens with one attached hydrogen (secondary N) is 2. The Labute approximate surface area is 116 Å². The first-order valence-corrected chi connectivity index (χ1v) is 6.38. The molecule has 1 aromatic heterocycles. The first-order chi connectivity index (χ1) is 9.45. The Bertz CT molecular complexity index is 569. The Morgan fingerprint density at radius 3 is 2.65 bits per heavy atom. The van der Waals surface area contributed by atoms with Crippen LogP contribution in [0.15, 0.2) is 24.3 Å². The Kier molecular flexibility index (Phi) is 4.02. The van der Waals surface area contributed by atoms with Gasteiger partial charge < -0.3 is 15.7 Å². The summed E-state index contributed by atoms with van der Waals surface area (Å²) < 4.78 is 0.